The van der Waals surface area contributed by atoms with Crippen LogP contribution in [0.4, 0.5) is 0 Å². The van der Waals surface area contributed by atoms with Gasteiger partial charge < -0.3 is 25.8 Å². The number of rotatable bonds is 12. The number of nitrogens with one attached hydrogen (secondary N) is 3. The molecule has 2 aromatic carbocycles. The summed E-state index contributed by atoms with van der Waals surface area (Å²) in [5.41, 5.74) is 7.37. The summed E-state index contributed by atoms with van der Waals surface area (Å²) in [4.78, 5) is 38.5. The van der Waals surface area contributed by atoms with Gasteiger partial charge in [-0.2, -0.15) is 4.72 Å². The average molecular weight is 546 g/mol. The van der Waals surface area contributed by atoms with Crippen LogP contribution in [0.1, 0.15) is 29.5 Å². The Hall–Kier alpha value is -3.97. The molecule has 0 aromatic heterocycles. The molecule has 0 bridgehead atoms. The molecule has 12 nitrogen and oxygen atoms in total. The van der Waals surface area contributed by atoms with E-state index in [-0.39, 0.29) is 37.9 Å². The second-order valence-corrected chi connectivity index (χ2v) is 10.8. The summed E-state index contributed by atoms with van der Waals surface area (Å²) in [6.07, 6.45) is 1.78. The highest BCUT2D eigenvalue weighted by molar-refractivity contribution is 7.88. The number of hydrogen-bond donors (Lipinski definition) is 5. The summed E-state index contributed by atoms with van der Waals surface area (Å²) < 4.78 is 31.9. The van der Waals surface area contributed by atoms with E-state index in [1.807, 2.05) is 0 Å². The summed E-state index contributed by atoms with van der Waals surface area (Å²) >= 11 is 0. The van der Waals surface area contributed by atoms with Crippen LogP contribution in [-0.2, 0) is 37.4 Å². The summed E-state index contributed by atoms with van der Waals surface area (Å²) in [6.45, 7) is 0.176. The number of amides is 2. The molecular formula is C25H31N5O7S. The van der Waals surface area contributed by atoms with Gasteiger partial charge in [-0.25, -0.2) is 8.42 Å². The fraction of sp³-hybridized carbons (Fsp3) is 0.360. The predicted octanol–water partition coefficient (Wildman–Crippen LogP) is 0.202. The molecule has 2 amide bonds. The Kier molecular flexibility index (Phi) is 9.42. The van der Waals surface area contributed by atoms with Crippen molar-refractivity contribution in [2.24, 2.45) is 5.73 Å². The first-order chi connectivity index (χ1) is 17.9. The molecule has 2 aromatic rings. The maximum atomic E-state index is 13.4. The van der Waals surface area contributed by atoms with Gasteiger partial charge in [-0.05, 0) is 36.1 Å². The van der Waals surface area contributed by atoms with Gasteiger partial charge in [0, 0.05) is 18.7 Å². The molecule has 0 radical (unpaired) electrons. The number of nitrogens with two attached hydrogens (primary N) is 1. The fourth-order valence-electron chi connectivity index (χ4n) is 4.08. The highest BCUT2D eigenvalue weighted by Gasteiger charge is 2.38. The molecular weight excluding hydrogens is 514 g/mol. The van der Waals surface area contributed by atoms with Crippen molar-refractivity contribution in [3.05, 3.63) is 65.2 Å². The summed E-state index contributed by atoms with van der Waals surface area (Å²) in [5.74, 6) is -1.64. The molecule has 204 valence electrons. The van der Waals surface area contributed by atoms with E-state index >= 15 is 0 Å². The number of carboxylic acid groups (broad SMARTS) is 1. The zero-order chi connectivity index (χ0) is 27.9. The Bertz CT molecular complexity index is 1280. The van der Waals surface area contributed by atoms with Gasteiger partial charge in [0.15, 0.2) is 0 Å². The first-order valence-corrected chi connectivity index (χ1v) is 13.7. The molecule has 0 aliphatic carbocycles. The van der Waals surface area contributed by atoms with Gasteiger partial charge in [0.05, 0.1) is 12.7 Å². The minimum absolute atomic E-state index is 0.0582. The number of aliphatic carboxylic acids is 1. The van der Waals surface area contributed by atoms with Crippen molar-refractivity contribution in [3.63, 3.8) is 0 Å². The Labute approximate surface area is 220 Å². The van der Waals surface area contributed by atoms with Gasteiger partial charge >= 0.3 is 5.97 Å². The Balaban J connectivity index is 1.65. The Morgan fingerprint density at radius 3 is 2.34 bits per heavy atom. The Morgan fingerprint density at radius 2 is 1.76 bits per heavy atom. The highest BCUT2D eigenvalue weighted by atomic mass is 32.2. The van der Waals surface area contributed by atoms with Crippen LogP contribution < -0.4 is 20.5 Å². The second-order valence-electron chi connectivity index (χ2n) is 8.99. The maximum Gasteiger partial charge on any atom is 0.307 e. The van der Waals surface area contributed by atoms with Gasteiger partial charge in [-0.1, -0.05) is 36.4 Å². The molecule has 13 heteroatoms. The van der Waals surface area contributed by atoms with Crippen LogP contribution >= 0.6 is 0 Å². The number of amidine groups is 1. The van der Waals surface area contributed by atoms with Crippen LogP contribution in [0.3, 0.4) is 0 Å². The largest absolute Gasteiger partial charge is 0.491 e. The van der Waals surface area contributed by atoms with Crippen LogP contribution in [0.25, 0.3) is 0 Å². The van der Waals surface area contributed by atoms with Crippen LogP contribution in [0.5, 0.6) is 5.75 Å². The SMILES string of the molecule is CS(=O)(=O)N[C@H](COc1ccc(CC(=O)O)cc1)C(=O)N1CCC[C@H]1C(=O)NCc1ccc(C(=N)N)cc1. The number of nitrogens with zero attached hydrogens (tertiary/aromatic N) is 1. The molecule has 0 unspecified atom stereocenters. The van der Waals surface area contributed by atoms with Crippen molar-refractivity contribution in [3.8, 4) is 5.75 Å². The van der Waals surface area contributed by atoms with Crippen molar-refractivity contribution in [2.45, 2.75) is 37.9 Å². The third-order valence-electron chi connectivity index (χ3n) is 5.92. The first kappa shape index (κ1) is 28.6. The number of carbonyl (C=O) groups is 3. The third-order valence-corrected chi connectivity index (χ3v) is 6.63. The molecule has 3 rings (SSSR count). The number of hydrogen-bond acceptors (Lipinski definition) is 7. The highest BCUT2D eigenvalue weighted by Crippen LogP contribution is 2.20. The number of nitrogen functional groups attached to an aromatic ring is 1. The zero-order valence-corrected chi connectivity index (χ0v) is 21.7. The van der Waals surface area contributed by atoms with Crippen LogP contribution in [0.2, 0.25) is 0 Å². The number of benzene rings is 2. The summed E-state index contributed by atoms with van der Waals surface area (Å²) in [5, 5.41) is 19.1. The zero-order valence-electron chi connectivity index (χ0n) is 20.8. The number of likely N-dealkylation sites (tertiary alicyclic amines) is 1. The van der Waals surface area contributed by atoms with E-state index in [9.17, 15) is 22.8 Å². The van der Waals surface area contributed by atoms with E-state index in [2.05, 4.69) is 10.0 Å². The van der Waals surface area contributed by atoms with Crippen LogP contribution in [0, 0.1) is 5.41 Å². The molecule has 1 saturated heterocycles. The molecule has 0 spiro atoms. The molecule has 1 aliphatic rings. The third kappa shape index (κ3) is 8.28. The molecule has 1 aliphatic heterocycles. The van der Waals surface area contributed by atoms with E-state index in [1.54, 1.807) is 36.4 Å². The molecule has 1 heterocycles. The minimum Gasteiger partial charge on any atom is -0.491 e. The molecule has 38 heavy (non-hydrogen) atoms. The topological polar surface area (TPSA) is 192 Å². The standard InChI is InChI=1S/C25H31N5O7S/c1-38(35,36)29-20(15-37-19-10-6-16(7-11-19)13-22(31)32)25(34)30-12-2-3-21(30)24(33)28-14-17-4-8-18(9-5-17)23(26)27/h4-11,20-21,29H,2-3,12-15H2,1H3,(H3,26,27)(H,28,33)(H,31,32)/t20-,21+/m1/s1. The summed E-state index contributed by atoms with van der Waals surface area (Å²) in [7, 11) is -3.78. The monoisotopic (exact) mass is 545 g/mol. The molecule has 2 atom stereocenters. The Morgan fingerprint density at radius 1 is 1.13 bits per heavy atom. The maximum absolute atomic E-state index is 13.4. The number of carboxylic acids is 1. The number of sulfonamides is 1. The smallest absolute Gasteiger partial charge is 0.307 e. The van der Waals surface area contributed by atoms with E-state index in [0.29, 0.717) is 29.7 Å². The van der Waals surface area contributed by atoms with E-state index in [4.69, 9.17) is 21.0 Å². The average Bonchev–Trinajstić information content (AvgIpc) is 3.35. The number of carbonyl (C=O) groups excluding carboxylic acids is 2. The van der Waals surface area contributed by atoms with Crippen molar-refractivity contribution in [2.75, 3.05) is 19.4 Å². The lowest BCUT2D eigenvalue weighted by Crippen LogP contribution is -2.55. The van der Waals surface area contributed by atoms with Gasteiger partial charge in [-0.3, -0.25) is 19.8 Å². The molecule has 1 fully saturated rings. The van der Waals surface area contributed by atoms with Gasteiger partial charge in [0.2, 0.25) is 21.8 Å². The minimum atomic E-state index is -3.78. The van der Waals surface area contributed by atoms with Crippen LogP contribution in [0.15, 0.2) is 48.5 Å². The fourth-order valence-corrected chi connectivity index (χ4v) is 4.77. The van der Waals surface area contributed by atoms with E-state index in [1.165, 1.54) is 17.0 Å². The van der Waals surface area contributed by atoms with Crippen molar-refractivity contribution in [1.29, 1.82) is 5.41 Å². The second kappa shape index (κ2) is 12.5. The normalized spacial score (nSPS) is 16.0. The first-order valence-electron chi connectivity index (χ1n) is 11.9. The lowest BCUT2D eigenvalue weighted by atomic mass is 10.1. The van der Waals surface area contributed by atoms with E-state index < -0.39 is 34.0 Å². The van der Waals surface area contributed by atoms with Gasteiger partial charge in [0.25, 0.3) is 0 Å². The number of ether oxygens (including phenoxy) is 1. The lowest BCUT2D eigenvalue weighted by Gasteiger charge is -2.28. The molecule has 0 saturated carbocycles. The van der Waals surface area contributed by atoms with Crippen molar-refractivity contribution in [1.82, 2.24) is 14.9 Å². The summed E-state index contributed by atoms with van der Waals surface area (Å²) in [6, 6.07) is 11.0. The molecule has 6 N–H and O–H groups in total. The quantitative estimate of drug-likeness (QED) is 0.184. The van der Waals surface area contributed by atoms with Crippen molar-refractivity contribution < 1.29 is 32.6 Å². The lowest BCUT2D eigenvalue weighted by molar-refractivity contribution is -0.140. The van der Waals surface area contributed by atoms with Gasteiger partial charge in [-0.15, -0.1) is 0 Å². The van der Waals surface area contributed by atoms with E-state index in [0.717, 1.165) is 11.8 Å². The van der Waals surface area contributed by atoms with Gasteiger partial charge in [0.1, 0.15) is 30.3 Å². The predicted molar refractivity (Wildman–Crippen MR) is 139 cm³/mol. The van der Waals surface area contributed by atoms with Crippen molar-refractivity contribution >= 4 is 33.6 Å². The van der Waals surface area contributed by atoms with Crippen LogP contribution in [-0.4, -0.2) is 73.5 Å².